The van der Waals surface area contributed by atoms with Crippen molar-refractivity contribution in [1.29, 1.82) is 0 Å². The Bertz CT molecular complexity index is 1050. The Morgan fingerprint density at radius 1 is 0.800 bits per heavy atom. The van der Waals surface area contributed by atoms with Gasteiger partial charge >= 0.3 is 0 Å². The number of nitrogens with one attached hydrogen (secondary N) is 2. The third-order valence-corrected chi connectivity index (χ3v) is 4.12. The van der Waals surface area contributed by atoms with Gasteiger partial charge < -0.3 is 9.47 Å². The summed E-state index contributed by atoms with van der Waals surface area (Å²) < 4.78 is 10.3. The van der Waals surface area contributed by atoms with Crippen LogP contribution < -0.4 is 20.3 Å². The van der Waals surface area contributed by atoms with Gasteiger partial charge in [0.05, 0.1) is 32.3 Å². The topological polar surface area (TPSA) is 84.3 Å². The Morgan fingerprint density at radius 3 is 1.93 bits per heavy atom. The minimum Gasteiger partial charge on any atom is -0.497 e. The molecule has 1 amide bonds. The highest BCUT2D eigenvalue weighted by atomic mass is 16.5. The smallest absolute Gasteiger partial charge is 0.271 e. The summed E-state index contributed by atoms with van der Waals surface area (Å²) >= 11 is 0. The fourth-order valence-electron chi connectivity index (χ4n) is 2.55. The molecule has 3 rings (SSSR count). The Labute approximate surface area is 175 Å². The fourth-order valence-corrected chi connectivity index (χ4v) is 2.55. The highest BCUT2D eigenvalue weighted by molar-refractivity contribution is 5.95. The number of hydrogen-bond donors (Lipinski definition) is 2. The van der Waals surface area contributed by atoms with Gasteiger partial charge in [-0.1, -0.05) is 24.3 Å². The van der Waals surface area contributed by atoms with Gasteiger partial charge in [0.25, 0.3) is 5.91 Å². The van der Waals surface area contributed by atoms with Gasteiger partial charge in [0.2, 0.25) is 0 Å². The van der Waals surface area contributed by atoms with Crippen LogP contribution in [-0.4, -0.2) is 32.6 Å². The molecular weight excluding hydrogens is 380 g/mol. The van der Waals surface area contributed by atoms with Crippen LogP contribution in [-0.2, 0) is 0 Å². The number of benzene rings is 3. The molecule has 0 atom stereocenters. The number of ether oxygens (including phenoxy) is 2. The molecule has 30 heavy (non-hydrogen) atoms. The van der Waals surface area contributed by atoms with E-state index in [1.54, 1.807) is 50.9 Å². The van der Waals surface area contributed by atoms with Gasteiger partial charge in [-0.25, -0.2) is 5.43 Å². The van der Waals surface area contributed by atoms with Crippen LogP contribution in [0, 0.1) is 0 Å². The molecular formula is C23H22N4O3. The molecule has 3 aromatic carbocycles. The third-order valence-electron chi connectivity index (χ3n) is 4.12. The number of nitrogens with zero attached hydrogens (tertiary/aromatic N) is 2. The lowest BCUT2D eigenvalue weighted by Crippen LogP contribution is -2.17. The molecule has 0 aliphatic rings. The first-order valence-electron chi connectivity index (χ1n) is 9.18. The second kappa shape index (κ2) is 10.4. The standard InChI is InChI=1S/C23H22N4O3/c1-29-21-7-3-5-17(13-21)15-24-26-20-11-9-19(10-12-20)23(28)27-25-16-18-6-4-8-22(14-18)30-2/h3-16,26H,1-2H3,(H,27,28)/b24-15-,25-16-. The van der Waals surface area contributed by atoms with E-state index in [4.69, 9.17) is 9.47 Å². The summed E-state index contributed by atoms with van der Waals surface area (Å²) in [5.74, 6) is 1.19. The largest absolute Gasteiger partial charge is 0.497 e. The number of rotatable bonds is 8. The van der Waals surface area contributed by atoms with Crippen LogP contribution in [0.25, 0.3) is 0 Å². The molecule has 152 valence electrons. The molecule has 0 saturated carbocycles. The average molecular weight is 402 g/mol. The van der Waals surface area contributed by atoms with Crippen LogP contribution in [0.1, 0.15) is 21.5 Å². The summed E-state index contributed by atoms with van der Waals surface area (Å²) in [5.41, 5.74) is 8.41. The summed E-state index contributed by atoms with van der Waals surface area (Å²) in [5, 5.41) is 8.18. The number of amides is 1. The summed E-state index contributed by atoms with van der Waals surface area (Å²) in [6, 6.07) is 21.9. The second-order valence-electron chi connectivity index (χ2n) is 6.20. The van der Waals surface area contributed by atoms with E-state index in [-0.39, 0.29) is 5.91 Å². The second-order valence-corrected chi connectivity index (χ2v) is 6.20. The zero-order chi connectivity index (χ0) is 21.2. The quantitative estimate of drug-likeness (QED) is 0.442. The monoisotopic (exact) mass is 402 g/mol. The number of carbonyl (C=O) groups excluding carboxylic acids is 1. The molecule has 3 aromatic rings. The van der Waals surface area contributed by atoms with Gasteiger partial charge in [-0.15, -0.1) is 0 Å². The van der Waals surface area contributed by atoms with E-state index in [1.807, 2.05) is 48.5 Å². The number of hydrogen-bond acceptors (Lipinski definition) is 6. The van der Waals surface area contributed by atoms with Crippen molar-refractivity contribution in [2.45, 2.75) is 0 Å². The highest BCUT2D eigenvalue weighted by Gasteiger charge is 2.03. The van der Waals surface area contributed by atoms with Gasteiger partial charge in [0, 0.05) is 5.56 Å². The van der Waals surface area contributed by atoms with Gasteiger partial charge in [-0.05, 0) is 59.7 Å². The Hall–Kier alpha value is -4.13. The Morgan fingerprint density at radius 2 is 1.37 bits per heavy atom. The first kappa shape index (κ1) is 20.6. The Kier molecular flexibility index (Phi) is 7.16. The van der Waals surface area contributed by atoms with Crippen LogP contribution in [0.5, 0.6) is 11.5 Å². The molecule has 0 aromatic heterocycles. The summed E-state index contributed by atoms with van der Waals surface area (Å²) in [6.07, 6.45) is 3.25. The van der Waals surface area contributed by atoms with E-state index >= 15 is 0 Å². The van der Waals surface area contributed by atoms with Crippen molar-refractivity contribution in [2.24, 2.45) is 10.2 Å². The molecule has 0 bridgehead atoms. The third kappa shape index (κ3) is 5.93. The van der Waals surface area contributed by atoms with E-state index < -0.39 is 0 Å². The predicted octanol–water partition coefficient (Wildman–Crippen LogP) is 3.91. The fraction of sp³-hybridized carbons (Fsp3) is 0.0870. The number of carbonyl (C=O) groups is 1. The van der Waals surface area contributed by atoms with Gasteiger partial charge in [0.1, 0.15) is 11.5 Å². The zero-order valence-corrected chi connectivity index (χ0v) is 16.7. The van der Waals surface area contributed by atoms with Crippen molar-refractivity contribution < 1.29 is 14.3 Å². The molecule has 7 heteroatoms. The van der Waals surface area contributed by atoms with Gasteiger partial charge in [0.15, 0.2) is 0 Å². The van der Waals surface area contributed by atoms with Crippen molar-refractivity contribution in [2.75, 3.05) is 19.6 Å². The van der Waals surface area contributed by atoms with E-state index in [1.165, 1.54) is 0 Å². The molecule has 0 saturated heterocycles. The lowest BCUT2D eigenvalue weighted by atomic mass is 10.2. The molecule has 0 fully saturated rings. The minimum atomic E-state index is -0.305. The van der Waals surface area contributed by atoms with Crippen LogP contribution in [0.3, 0.4) is 0 Å². The van der Waals surface area contributed by atoms with Crippen molar-refractivity contribution in [1.82, 2.24) is 5.43 Å². The van der Waals surface area contributed by atoms with Crippen molar-refractivity contribution in [3.8, 4) is 11.5 Å². The summed E-state index contributed by atoms with van der Waals surface area (Å²) in [6.45, 7) is 0. The Balaban J connectivity index is 1.53. The predicted molar refractivity (Wildman–Crippen MR) is 119 cm³/mol. The van der Waals surface area contributed by atoms with E-state index in [9.17, 15) is 4.79 Å². The van der Waals surface area contributed by atoms with Gasteiger partial charge in [-0.3, -0.25) is 10.2 Å². The van der Waals surface area contributed by atoms with Crippen LogP contribution >= 0.6 is 0 Å². The highest BCUT2D eigenvalue weighted by Crippen LogP contribution is 2.13. The number of anilines is 1. The van der Waals surface area contributed by atoms with E-state index in [0.29, 0.717) is 5.56 Å². The average Bonchev–Trinajstić information content (AvgIpc) is 2.80. The first-order chi connectivity index (χ1) is 14.7. The van der Waals surface area contributed by atoms with Crippen molar-refractivity contribution in [3.05, 3.63) is 89.5 Å². The summed E-state index contributed by atoms with van der Waals surface area (Å²) in [4.78, 5) is 12.2. The lowest BCUT2D eigenvalue weighted by Gasteiger charge is -2.04. The first-order valence-corrected chi connectivity index (χ1v) is 9.18. The molecule has 0 aliphatic carbocycles. The zero-order valence-electron chi connectivity index (χ0n) is 16.7. The van der Waals surface area contributed by atoms with Gasteiger partial charge in [-0.2, -0.15) is 10.2 Å². The molecule has 0 heterocycles. The lowest BCUT2D eigenvalue weighted by molar-refractivity contribution is 0.0955. The summed E-state index contributed by atoms with van der Waals surface area (Å²) in [7, 11) is 3.22. The van der Waals surface area contributed by atoms with Crippen LogP contribution in [0.4, 0.5) is 5.69 Å². The molecule has 2 N–H and O–H groups in total. The van der Waals surface area contributed by atoms with Crippen molar-refractivity contribution in [3.63, 3.8) is 0 Å². The maximum absolute atomic E-state index is 12.2. The molecule has 0 aliphatic heterocycles. The molecule has 0 unspecified atom stereocenters. The molecule has 0 spiro atoms. The number of hydrazone groups is 2. The maximum atomic E-state index is 12.2. The van der Waals surface area contributed by atoms with E-state index in [0.717, 1.165) is 28.3 Å². The number of methoxy groups -OCH3 is 2. The SMILES string of the molecule is COc1cccc(/C=N\NC(=O)c2ccc(N/N=C\c3cccc(OC)c3)cc2)c1. The van der Waals surface area contributed by atoms with Crippen LogP contribution in [0.2, 0.25) is 0 Å². The van der Waals surface area contributed by atoms with Crippen molar-refractivity contribution >= 4 is 24.0 Å². The minimum absolute atomic E-state index is 0.305. The molecule has 7 nitrogen and oxygen atoms in total. The molecule has 0 radical (unpaired) electrons. The van der Waals surface area contributed by atoms with Crippen LogP contribution in [0.15, 0.2) is 83.0 Å². The van der Waals surface area contributed by atoms with E-state index in [2.05, 4.69) is 21.1 Å². The maximum Gasteiger partial charge on any atom is 0.271 e. The normalized spacial score (nSPS) is 10.9.